The Morgan fingerprint density at radius 2 is 1.89 bits per heavy atom. The molecule has 28 heavy (non-hydrogen) atoms. The second kappa shape index (κ2) is 6.93. The van der Waals surface area contributed by atoms with Gasteiger partial charge in [0.05, 0.1) is 12.6 Å². The fraction of sp³-hybridized carbons (Fsp3) is 0.458. The number of hydrogen-bond donors (Lipinski definition) is 0. The van der Waals surface area contributed by atoms with Crippen molar-refractivity contribution in [3.63, 3.8) is 0 Å². The Balaban J connectivity index is 1.49. The third kappa shape index (κ3) is 3.10. The third-order valence-corrected chi connectivity index (χ3v) is 6.53. The zero-order valence-corrected chi connectivity index (χ0v) is 17.5. The van der Waals surface area contributed by atoms with Crippen molar-refractivity contribution in [1.82, 2.24) is 4.90 Å². The molecule has 2 aliphatic rings. The van der Waals surface area contributed by atoms with Crippen LogP contribution in [0, 0.1) is 0 Å². The summed E-state index contributed by atoms with van der Waals surface area (Å²) in [7, 11) is 4.34. The van der Waals surface area contributed by atoms with Gasteiger partial charge in [0, 0.05) is 24.7 Å². The summed E-state index contributed by atoms with van der Waals surface area (Å²) < 4.78 is 5.71. The number of fused-ring (bicyclic) bond motifs is 3. The summed E-state index contributed by atoms with van der Waals surface area (Å²) in [6.45, 7) is 7.75. The summed E-state index contributed by atoms with van der Waals surface area (Å²) in [4.78, 5) is 17.2. The quantitative estimate of drug-likeness (QED) is 0.586. The second-order valence-electron chi connectivity index (χ2n) is 8.86. The van der Waals surface area contributed by atoms with Crippen LogP contribution in [0.5, 0.6) is 5.75 Å². The van der Waals surface area contributed by atoms with Gasteiger partial charge in [-0.1, -0.05) is 45.0 Å². The topological polar surface area (TPSA) is 32.8 Å². The van der Waals surface area contributed by atoms with Crippen molar-refractivity contribution in [2.75, 3.05) is 25.5 Å². The molecule has 4 nitrogen and oxygen atoms in total. The molecule has 148 valence electrons. The first-order valence-corrected chi connectivity index (χ1v) is 10.2. The maximum absolute atomic E-state index is 12.5. The van der Waals surface area contributed by atoms with E-state index in [0.717, 1.165) is 18.5 Å². The molecular weight excluding hydrogens is 348 g/mol. The molecule has 0 radical (unpaired) electrons. The van der Waals surface area contributed by atoms with Crippen molar-refractivity contribution in [3.8, 4) is 5.75 Å². The van der Waals surface area contributed by atoms with E-state index in [-0.39, 0.29) is 17.8 Å². The van der Waals surface area contributed by atoms with Crippen LogP contribution in [-0.4, -0.2) is 37.7 Å². The number of ether oxygens (including phenoxy) is 1. The molecule has 2 heterocycles. The molecule has 4 heteroatoms. The van der Waals surface area contributed by atoms with Gasteiger partial charge in [-0.2, -0.15) is 0 Å². The molecule has 0 spiro atoms. The van der Waals surface area contributed by atoms with Crippen LogP contribution >= 0.6 is 0 Å². The van der Waals surface area contributed by atoms with Crippen LogP contribution in [0.25, 0.3) is 0 Å². The highest BCUT2D eigenvalue weighted by Crippen LogP contribution is 2.51. The molecule has 2 aliphatic heterocycles. The van der Waals surface area contributed by atoms with Crippen LogP contribution in [0.2, 0.25) is 0 Å². The Labute approximate surface area is 168 Å². The normalized spacial score (nSPS) is 23.8. The van der Waals surface area contributed by atoms with Crippen molar-refractivity contribution >= 4 is 11.7 Å². The van der Waals surface area contributed by atoms with Crippen LogP contribution < -0.4 is 9.64 Å². The first-order valence-electron chi connectivity index (χ1n) is 10.2. The highest BCUT2D eigenvalue weighted by atomic mass is 16.5. The van der Waals surface area contributed by atoms with Crippen LogP contribution in [0.1, 0.15) is 49.8 Å². The zero-order valence-electron chi connectivity index (χ0n) is 17.5. The average molecular weight is 379 g/mol. The van der Waals surface area contributed by atoms with E-state index in [4.69, 9.17) is 4.74 Å². The van der Waals surface area contributed by atoms with Crippen LogP contribution in [0.15, 0.2) is 42.5 Å². The third-order valence-electron chi connectivity index (χ3n) is 6.53. The van der Waals surface area contributed by atoms with E-state index in [0.29, 0.717) is 17.8 Å². The Kier molecular flexibility index (Phi) is 4.70. The van der Waals surface area contributed by atoms with Crippen LogP contribution in [0.3, 0.4) is 0 Å². The van der Waals surface area contributed by atoms with Gasteiger partial charge < -0.3 is 9.64 Å². The fourth-order valence-electron chi connectivity index (χ4n) is 4.97. The SMILES string of the molecule is CC(C)c1ccc(CC(=O)Oc2ccc3c(c2)C2(C)CCN(C)C2N3C)cc1. The largest absolute Gasteiger partial charge is 0.426 e. The molecule has 1 fully saturated rings. The lowest BCUT2D eigenvalue weighted by Gasteiger charge is -2.32. The van der Waals surface area contributed by atoms with Gasteiger partial charge in [-0.05, 0) is 54.3 Å². The van der Waals surface area contributed by atoms with Gasteiger partial charge >= 0.3 is 5.97 Å². The number of carbonyl (C=O) groups excluding carboxylic acids is 1. The number of likely N-dealkylation sites (N-methyl/N-ethyl adjacent to an activating group) is 2. The van der Waals surface area contributed by atoms with Gasteiger partial charge in [0.2, 0.25) is 0 Å². The Bertz CT molecular complexity index is 890. The van der Waals surface area contributed by atoms with Crippen molar-refractivity contribution in [1.29, 1.82) is 0 Å². The molecule has 0 aromatic heterocycles. The predicted octanol–water partition coefficient (Wildman–Crippen LogP) is 4.33. The van der Waals surface area contributed by atoms with Crippen molar-refractivity contribution in [2.45, 2.75) is 51.1 Å². The maximum atomic E-state index is 12.5. The molecule has 4 rings (SSSR count). The summed E-state index contributed by atoms with van der Waals surface area (Å²) in [5, 5.41) is 0. The van der Waals surface area contributed by atoms with Crippen molar-refractivity contribution < 1.29 is 9.53 Å². The van der Waals surface area contributed by atoms with E-state index in [9.17, 15) is 4.79 Å². The smallest absolute Gasteiger partial charge is 0.315 e. The lowest BCUT2D eigenvalue weighted by molar-refractivity contribution is -0.133. The molecule has 2 unspecified atom stereocenters. The highest BCUT2D eigenvalue weighted by Gasteiger charge is 2.52. The summed E-state index contributed by atoms with van der Waals surface area (Å²) in [5.41, 5.74) is 4.87. The molecular formula is C24H30N2O2. The number of esters is 1. The number of rotatable bonds is 4. The van der Waals surface area contributed by atoms with Gasteiger partial charge in [0.15, 0.2) is 0 Å². The maximum Gasteiger partial charge on any atom is 0.315 e. The fourth-order valence-corrected chi connectivity index (χ4v) is 4.97. The predicted molar refractivity (Wildman–Crippen MR) is 113 cm³/mol. The molecule has 0 bridgehead atoms. The van der Waals surface area contributed by atoms with E-state index in [1.807, 2.05) is 18.2 Å². The lowest BCUT2D eigenvalue weighted by atomic mass is 9.81. The minimum atomic E-state index is -0.214. The number of anilines is 1. The molecule has 1 saturated heterocycles. The number of benzene rings is 2. The monoisotopic (exact) mass is 378 g/mol. The Hall–Kier alpha value is -2.33. The summed E-state index contributed by atoms with van der Waals surface area (Å²) in [6.07, 6.45) is 1.77. The summed E-state index contributed by atoms with van der Waals surface area (Å²) in [5.74, 6) is 0.923. The van der Waals surface area contributed by atoms with E-state index in [2.05, 4.69) is 68.9 Å². The molecule has 0 amide bonds. The van der Waals surface area contributed by atoms with E-state index in [1.165, 1.54) is 16.8 Å². The van der Waals surface area contributed by atoms with Gasteiger partial charge in [0.25, 0.3) is 0 Å². The second-order valence-corrected chi connectivity index (χ2v) is 8.86. The molecule has 0 saturated carbocycles. The lowest BCUT2D eigenvalue weighted by Crippen LogP contribution is -2.45. The number of nitrogens with zero attached hydrogens (tertiary/aromatic N) is 2. The van der Waals surface area contributed by atoms with Gasteiger partial charge in [-0.3, -0.25) is 9.69 Å². The highest BCUT2D eigenvalue weighted by molar-refractivity contribution is 5.76. The van der Waals surface area contributed by atoms with Gasteiger partial charge in [0.1, 0.15) is 5.75 Å². The van der Waals surface area contributed by atoms with Crippen LogP contribution in [-0.2, 0) is 16.6 Å². The van der Waals surface area contributed by atoms with E-state index < -0.39 is 0 Å². The molecule has 0 aliphatic carbocycles. The average Bonchev–Trinajstić information content (AvgIpc) is 3.07. The first-order chi connectivity index (χ1) is 13.3. The van der Waals surface area contributed by atoms with Crippen molar-refractivity contribution in [3.05, 3.63) is 59.2 Å². The summed E-state index contributed by atoms with van der Waals surface area (Å²) >= 11 is 0. The van der Waals surface area contributed by atoms with E-state index >= 15 is 0 Å². The summed E-state index contributed by atoms with van der Waals surface area (Å²) in [6, 6.07) is 14.3. The molecule has 2 atom stereocenters. The van der Waals surface area contributed by atoms with Gasteiger partial charge in [-0.15, -0.1) is 0 Å². The minimum Gasteiger partial charge on any atom is -0.426 e. The molecule has 2 aromatic carbocycles. The zero-order chi connectivity index (χ0) is 20.1. The Morgan fingerprint density at radius 1 is 1.18 bits per heavy atom. The number of carbonyl (C=O) groups is 1. The Morgan fingerprint density at radius 3 is 2.57 bits per heavy atom. The van der Waals surface area contributed by atoms with E-state index in [1.54, 1.807) is 0 Å². The van der Waals surface area contributed by atoms with Gasteiger partial charge in [-0.25, -0.2) is 0 Å². The first kappa shape index (κ1) is 19.0. The van der Waals surface area contributed by atoms with Crippen LogP contribution in [0.4, 0.5) is 5.69 Å². The molecule has 2 aromatic rings. The van der Waals surface area contributed by atoms with Crippen molar-refractivity contribution in [2.24, 2.45) is 0 Å². The number of likely N-dealkylation sites (tertiary alicyclic amines) is 1. The molecule has 0 N–H and O–H groups in total. The minimum absolute atomic E-state index is 0.0773. The number of hydrogen-bond acceptors (Lipinski definition) is 4. The standard InChI is InChI=1S/C24H30N2O2/c1-16(2)18-8-6-17(7-9-18)14-22(27)28-19-10-11-21-20(15-19)24(3)12-13-25(4)23(24)26(21)5/h6-11,15-16,23H,12-14H2,1-5H3.